The van der Waals surface area contributed by atoms with Crippen LogP contribution in [0.1, 0.15) is 35.4 Å². The van der Waals surface area contributed by atoms with Crippen LogP contribution in [0.3, 0.4) is 0 Å². The molecule has 1 aliphatic rings. The second-order valence-electron chi connectivity index (χ2n) is 6.08. The van der Waals surface area contributed by atoms with Crippen LogP contribution in [0.25, 0.3) is 21.5 Å². The number of nitrogens with two attached hydrogens (primary N) is 1. The molecule has 5 nitrogen and oxygen atoms in total. The molecule has 3 heterocycles. The number of rotatable bonds is 3. The Kier molecular flexibility index (Phi) is 3.90. The summed E-state index contributed by atoms with van der Waals surface area (Å²) < 4.78 is 0. The summed E-state index contributed by atoms with van der Waals surface area (Å²) in [5, 5.41) is 3.94. The fourth-order valence-corrected chi connectivity index (χ4v) is 4.17. The summed E-state index contributed by atoms with van der Waals surface area (Å²) in [6.45, 7) is 0. The van der Waals surface area contributed by atoms with Crippen LogP contribution in [0, 0.1) is 0 Å². The molecule has 4 rings (SSSR count). The average Bonchev–Trinajstić information content (AvgIpc) is 3.23. The predicted octanol–water partition coefficient (Wildman–Crippen LogP) is 3.61. The summed E-state index contributed by atoms with van der Waals surface area (Å²) in [5.74, 6) is -0.0761. The largest absolute Gasteiger partial charge is 0.397 e. The number of anilines is 1. The lowest BCUT2D eigenvalue weighted by atomic mass is 10.1. The van der Waals surface area contributed by atoms with Gasteiger partial charge in [-0.25, -0.2) is 4.98 Å². The Bertz CT molecular complexity index is 885. The van der Waals surface area contributed by atoms with Gasteiger partial charge in [-0.05, 0) is 37.1 Å². The lowest BCUT2D eigenvalue weighted by Crippen LogP contribution is -2.32. The van der Waals surface area contributed by atoms with E-state index in [0.717, 1.165) is 34.3 Å². The van der Waals surface area contributed by atoms with E-state index in [1.807, 2.05) is 24.3 Å². The van der Waals surface area contributed by atoms with Crippen LogP contribution in [0.4, 0.5) is 5.69 Å². The summed E-state index contributed by atoms with van der Waals surface area (Å²) in [4.78, 5) is 22.6. The minimum atomic E-state index is -0.0761. The first kappa shape index (κ1) is 15.1. The Morgan fingerprint density at radius 3 is 2.67 bits per heavy atom. The van der Waals surface area contributed by atoms with Crippen LogP contribution in [0.15, 0.2) is 36.7 Å². The fourth-order valence-electron chi connectivity index (χ4n) is 3.17. The normalized spacial score (nSPS) is 15.0. The summed E-state index contributed by atoms with van der Waals surface area (Å²) >= 11 is 1.36. The van der Waals surface area contributed by atoms with Gasteiger partial charge in [0.2, 0.25) is 0 Å². The Labute approximate surface area is 143 Å². The third kappa shape index (κ3) is 2.73. The van der Waals surface area contributed by atoms with Crippen LogP contribution in [-0.4, -0.2) is 21.9 Å². The molecule has 0 bridgehead atoms. The SMILES string of the molecule is Nc1c(C(=O)NC2CCCC2)sc2nc(-c3ccncc3)ccc12. The molecule has 1 fully saturated rings. The van der Waals surface area contributed by atoms with Crippen molar-refractivity contribution in [3.05, 3.63) is 41.5 Å². The monoisotopic (exact) mass is 338 g/mol. The Morgan fingerprint density at radius 2 is 1.92 bits per heavy atom. The van der Waals surface area contributed by atoms with E-state index in [1.165, 1.54) is 24.2 Å². The highest BCUT2D eigenvalue weighted by atomic mass is 32.1. The van der Waals surface area contributed by atoms with Crippen molar-refractivity contribution in [1.29, 1.82) is 0 Å². The predicted molar refractivity (Wildman–Crippen MR) is 97.0 cm³/mol. The zero-order valence-corrected chi connectivity index (χ0v) is 14.0. The Balaban J connectivity index is 1.67. The summed E-state index contributed by atoms with van der Waals surface area (Å²) in [6.07, 6.45) is 7.96. The maximum absolute atomic E-state index is 12.5. The first-order chi connectivity index (χ1) is 11.7. The highest BCUT2D eigenvalue weighted by molar-refractivity contribution is 7.21. The molecule has 0 radical (unpaired) electrons. The average molecular weight is 338 g/mol. The van der Waals surface area contributed by atoms with Crippen molar-refractivity contribution in [3.8, 4) is 11.3 Å². The van der Waals surface area contributed by atoms with Crippen LogP contribution < -0.4 is 11.1 Å². The van der Waals surface area contributed by atoms with Gasteiger partial charge < -0.3 is 11.1 Å². The van der Waals surface area contributed by atoms with E-state index in [0.29, 0.717) is 10.6 Å². The molecular weight excluding hydrogens is 320 g/mol. The highest BCUT2D eigenvalue weighted by Gasteiger charge is 2.22. The quantitative estimate of drug-likeness (QED) is 0.764. The molecule has 0 aromatic carbocycles. The number of thiophene rings is 1. The van der Waals surface area contributed by atoms with Gasteiger partial charge in [-0.2, -0.15) is 0 Å². The van der Waals surface area contributed by atoms with Gasteiger partial charge in [0, 0.05) is 29.4 Å². The van der Waals surface area contributed by atoms with Crippen LogP contribution in [-0.2, 0) is 0 Å². The van der Waals surface area contributed by atoms with E-state index in [-0.39, 0.29) is 11.9 Å². The van der Waals surface area contributed by atoms with Crippen LogP contribution in [0.2, 0.25) is 0 Å². The number of hydrogen-bond donors (Lipinski definition) is 2. The number of aromatic nitrogens is 2. The van der Waals surface area contributed by atoms with Gasteiger partial charge >= 0.3 is 0 Å². The van der Waals surface area contributed by atoms with Crippen molar-refractivity contribution in [2.45, 2.75) is 31.7 Å². The van der Waals surface area contributed by atoms with Crippen molar-refractivity contribution < 1.29 is 4.79 Å². The topological polar surface area (TPSA) is 80.9 Å². The molecule has 3 aromatic rings. The highest BCUT2D eigenvalue weighted by Crippen LogP contribution is 2.34. The molecule has 1 saturated carbocycles. The van der Waals surface area contributed by atoms with Gasteiger partial charge in [-0.15, -0.1) is 11.3 Å². The van der Waals surface area contributed by atoms with Gasteiger partial charge in [0.05, 0.1) is 11.4 Å². The molecule has 0 spiro atoms. The van der Waals surface area contributed by atoms with Crippen molar-refractivity contribution in [2.75, 3.05) is 5.73 Å². The third-order valence-corrected chi connectivity index (χ3v) is 5.58. The second-order valence-corrected chi connectivity index (χ2v) is 7.08. The first-order valence-electron chi connectivity index (χ1n) is 8.12. The third-order valence-electron chi connectivity index (χ3n) is 4.47. The Hall–Kier alpha value is -2.47. The number of amides is 1. The molecule has 122 valence electrons. The van der Waals surface area contributed by atoms with E-state index in [9.17, 15) is 4.79 Å². The minimum Gasteiger partial charge on any atom is -0.397 e. The number of carbonyl (C=O) groups is 1. The molecule has 3 N–H and O–H groups in total. The number of carbonyl (C=O) groups excluding carboxylic acids is 1. The van der Waals surface area contributed by atoms with Gasteiger partial charge in [-0.3, -0.25) is 9.78 Å². The fraction of sp³-hybridized carbons (Fsp3) is 0.278. The maximum Gasteiger partial charge on any atom is 0.263 e. The number of hydrogen-bond acceptors (Lipinski definition) is 5. The van der Waals surface area contributed by atoms with E-state index in [2.05, 4.69) is 15.3 Å². The molecule has 6 heteroatoms. The van der Waals surface area contributed by atoms with Gasteiger partial charge in [0.25, 0.3) is 5.91 Å². The second kappa shape index (κ2) is 6.20. The van der Waals surface area contributed by atoms with Gasteiger partial charge in [0.15, 0.2) is 0 Å². The standard InChI is InChI=1S/C18H18N4OS/c19-15-13-5-6-14(11-7-9-20-10-8-11)22-18(13)24-16(15)17(23)21-12-3-1-2-4-12/h5-10,12H,1-4,19H2,(H,21,23). The first-order valence-corrected chi connectivity index (χ1v) is 8.94. The lowest BCUT2D eigenvalue weighted by Gasteiger charge is -2.10. The van der Waals surface area contributed by atoms with Gasteiger partial charge in [0.1, 0.15) is 9.71 Å². The van der Waals surface area contributed by atoms with Crippen LogP contribution >= 0.6 is 11.3 Å². The molecule has 1 aliphatic carbocycles. The van der Waals surface area contributed by atoms with E-state index < -0.39 is 0 Å². The number of nitrogens with one attached hydrogen (secondary N) is 1. The van der Waals surface area contributed by atoms with E-state index in [1.54, 1.807) is 12.4 Å². The zero-order chi connectivity index (χ0) is 16.5. The molecule has 3 aromatic heterocycles. The number of pyridine rings is 2. The van der Waals surface area contributed by atoms with Gasteiger partial charge in [-0.1, -0.05) is 12.8 Å². The van der Waals surface area contributed by atoms with E-state index in [4.69, 9.17) is 5.73 Å². The maximum atomic E-state index is 12.5. The van der Waals surface area contributed by atoms with E-state index >= 15 is 0 Å². The zero-order valence-electron chi connectivity index (χ0n) is 13.2. The molecule has 0 saturated heterocycles. The smallest absolute Gasteiger partial charge is 0.263 e. The van der Waals surface area contributed by atoms with Crippen molar-refractivity contribution >= 4 is 33.1 Å². The van der Waals surface area contributed by atoms with Crippen molar-refractivity contribution in [2.24, 2.45) is 0 Å². The van der Waals surface area contributed by atoms with Crippen LogP contribution in [0.5, 0.6) is 0 Å². The summed E-state index contributed by atoms with van der Waals surface area (Å²) in [6, 6.07) is 7.98. The summed E-state index contributed by atoms with van der Waals surface area (Å²) in [5.41, 5.74) is 8.58. The molecular formula is C18H18N4OS. The number of nitrogens with zero attached hydrogens (tertiary/aromatic N) is 2. The lowest BCUT2D eigenvalue weighted by molar-refractivity contribution is 0.0943. The molecule has 0 aliphatic heterocycles. The molecule has 1 amide bonds. The molecule has 0 unspecified atom stereocenters. The molecule has 0 atom stereocenters. The number of nitrogen functional groups attached to an aromatic ring is 1. The minimum absolute atomic E-state index is 0.0761. The van der Waals surface area contributed by atoms with Crippen molar-refractivity contribution in [1.82, 2.24) is 15.3 Å². The molecule has 24 heavy (non-hydrogen) atoms. The van der Waals surface area contributed by atoms with Crippen molar-refractivity contribution in [3.63, 3.8) is 0 Å². The Morgan fingerprint density at radius 1 is 1.17 bits per heavy atom. The summed E-state index contributed by atoms with van der Waals surface area (Å²) in [7, 11) is 0. The number of fused-ring (bicyclic) bond motifs is 1.